The van der Waals surface area contributed by atoms with E-state index in [0.29, 0.717) is 17.5 Å². The summed E-state index contributed by atoms with van der Waals surface area (Å²) < 4.78 is 0. The summed E-state index contributed by atoms with van der Waals surface area (Å²) in [5, 5.41) is 12.3. The van der Waals surface area contributed by atoms with E-state index in [9.17, 15) is 5.26 Å². The maximum Gasteiger partial charge on any atom is 0.165 e. The van der Waals surface area contributed by atoms with Crippen molar-refractivity contribution in [3.05, 3.63) is 121 Å². The summed E-state index contributed by atoms with van der Waals surface area (Å²) in [4.78, 5) is 18.9. The van der Waals surface area contributed by atoms with Gasteiger partial charge in [-0.15, -0.1) is 0 Å². The maximum absolute atomic E-state index is 10.1. The van der Waals surface area contributed by atoms with Crippen molar-refractivity contribution >= 4 is 10.8 Å². The molecule has 0 saturated heterocycles. The summed E-state index contributed by atoms with van der Waals surface area (Å²) in [6.45, 7) is 4.84. The van der Waals surface area contributed by atoms with E-state index in [1.165, 1.54) is 37.7 Å². The third-order valence-corrected chi connectivity index (χ3v) is 10.3. The van der Waals surface area contributed by atoms with Crippen LogP contribution in [0.4, 0.5) is 0 Å². The number of hydrogen-bond acceptors (Lipinski definition) is 5. The fourth-order valence-electron chi connectivity index (χ4n) is 8.63. The Bertz CT molecular complexity index is 2060. The highest BCUT2D eigenvalue weighted by molar-refractivity contribution is 5.90. The first-order valence-electron chi connectivity index (χ1n) is 16.8. The van der Waals surface area contributed by atoms with Gasteiger partial charge in [0.2, 0.25) is 0 Å². The van der Waals surface area contributed by atoms with Gasteiger partial charge in [0.25, 0.3) is 0 Å². The lowest BCUT2D eigenvalue weighted by Gasteiger charge is -2.50. The number of benzene rings is 4. The lowest BCUT2D eigenvalue weighted by atomic mass is 9.54. The zero-order chi connectivity index (χ0) is 32.0. The largest absolute Gasteiger partial charge is 0.264 e. The SMILES string of the molecule is C[C@@H]1C[C@@H]2C[C@H](C)CC(c3cc(C#N)cc(-c4ccc5cc(-c6nc(-c7ccccc7)nc(-c7cccnc7)n6)ccc5c4)c3)(C1)C2. The normalized spacial score (nSPS) is 22.1. The number of pyridine rings is 1. The Morgan fingerprint density at radius 2 is 1.26 bits per heavy atom. The second-order valence-corrected chi connectivity index (χ2v) is 14.0. The molecule has 0 radical (unpaired) electrons. The Hall–Kier alpha value is -5.21. The Kier molecular flexibility index (Phi) is 7.37. The molecule has 2 fully saturated rings. The predicted molar refractivity (Wildman–Crippen MR) is 188 cm³/mol. The van der Waals surface area contributed by atoms with Gasteiger partial charge in [-0.1, -0.05) is 74.5 Å². The van der Waals surface area contributed by atoms with Gasteiger partial charge in [0.15, 0.2) is 17.5 Å². The van der Waals surface area contributed by atoms with Crippen molar-refractivity contribution in [1.29, 1.82) is 5.26 Å². The molecule has 8 rings (SSSR count). The van der Waals surface area contributed by atoms with Crippen molar-refractivity contribution in [1.82, 2.24) is 19.9 Å². The molecule has 2 aliphatic rings. The summed E-state index contributed by atoms with van der Waals surface area (Å²) in [6, 6.07) is 36.0. The van der Waals surface area contributed by atoms with E-state index >= 15 is 0 Å². The highest BCUT2D eigenvalue weighted by Gasteiger charge is 2.45. The Labute approximate surface area is 276 Å². The van der Waals surface area contributed by atoms with Gasteiger partial charge in [0, 0.05) is 29.1 Å². The molecule has 5 heteroatoms. The minimum Gasteiger partial charge on any atom is -0.264 e. The lowest BCUT2D eigenvalue weighted by Crippen LogP contribution is -2.42. The predicted octanol–water partition coefficient (Wildman–Crippen LogP) is 10.1. The van der Waals surface area contributed by atoms with Gasteiger partial charge >= 0.3 is 0 Å². The Morgan fingerprint density at radius 1 is 0.617 bits per heavy atom. The van der Waals surface area contributed by atoms with Crippen molar-refractivity contribution in [3.8, 4) is 51.4 Å². The van der Waals surface area contributed by atoms with Gasteiger partial charge in [-0.2, -0.15) is 5.26 Å². The first-order valence-corrected chi connectivity index (χ1v) is 16.8. The molecule has 2 aromatic heterocycles. The number of hydrogen-bond donors (Lipinski definition) is 0. The van der Waals surface area contributed by atoms with E-state index in [4.69, 9.17) is 15.0 Å². The van der Waals surface area contributed by atoms with E-state index in [2.05, 4.69) is 79.5 Å². The number of fused-ring (bicyclic) bond motifs is 3. The number of nitriles is 1. The maximum atomic E-state index is 10.1. The van der Waals surface area contributed by atoms with Crippen LogP contribution >= 0.6 is 0 Å². The van der Waals surface area contributed by atoms with E-state index < -0.39 is 0 Å². The van der Waals surface area contributed by atoms with Gasteiger partial charge in [-0.25, -0.2) is 15.0 Å². The molecule has 230 valence electrons. The van der Waals surface area contributed by atoms with Crippen molar-refractivity contribution < 1.29 is 0 Å². The summed E-state index contributed by atoms with van der Waals surface area (Å²) in [7, 11) is 0. The number of rotatable bonds is 5. The van der Waals surface area contributed by atoms with Gasteiger partial charge in [0.05, 0.1) is 11.6 Å². The average molecular weight is 612 g/mol. The van der Waals surface area contributed by atoms with Crippen LogP contribution in [0.5, 0.6) is 0 Å². The molecule has 1 unspecified atom stereocenters. The molecule has 0 N–H and O–H groups in total. The third kappa shape index (κ3) is 5.70. The van der Waals surface area contributed by atoms with E-state index in [1.54, 1.807) is 12.4 Å². The molecule has 0 aliphatic heterocycles. The minimum atomic E-state index is 0.172. The molecule has 0 amide bonds. The monoisotopic (exact) mass is 611 g/mol. The van der Waals surface area contributed by atoms with Crippen molar-refractivity contribution in [2.45, 2.75) is 51.4 Å². The van der Waals surface area contributed by atoms with Gasteiger partial charge in [-0.05, 0) is 119 Å². The second kappa shape index (κ2) is 11.9. The second-order valence-electron chi connectivity index (χ2n) is 14.0. The molecule has 0 spiro atoms. The molecule has 2 saturated carbocycles. The van der Waals surface area contributed by atoms with Crippen LogP contribution in [-0.2, 0) is 5.41 Å². The molecule has 2 heterocycles. The fraction of sp³-hybridized carbons (Fsp3) is 0.262. The standard InChI is InChI=1S/C42H37N5/c1-27-15-29-16-28(2)23-42(22-27,24-29)38-18-30(25-43)17-37(21-38)34-11-10-33-20-35(13-12-32(33)19-34)40-45-39(31-7-4-3-5-8-31)46-41(47-40)36-9-6-14-44-26-36/h3-14,17-21,26-29H,15-16,22-24H2,1-2H3/t27-,28+,29-,42?. The smallest absolute Gasteiger partial charge is 0.165 e. The van der Waals surface area contributed by atoms with Crippen LogP contribution in [0.1, 0.15) is 57.1 Å². The van der Waals surface area contributed by atoms with Crippen LogP contribution < -0.4 is 0 Å². The molecule has 47 heavy (non-hydrogen) atoms. The van der Waals surface area contributed by atoms with Crippen molar-refractivity contribution in [2.75, 3.05) is 0 Å². The Balaban J connectivity index is 1.18. The summed E-state index contributed by atoms with van der Waals surface area (Å²) in [5.74, 6) is 4.08. The van der Waals surface area contributed by atoms with Crippen LogP contribution in [0, 0.1) is 29.1 Å². The molecule has 4 aromatic carbocycles. The van der Waals surface area contributed by atoms with Crippen LogP contribution in [0.3, 0.4) is 0 Å². The van der Waals surface area contributed by atoms with Crippen LogP contribution in [-0.4, -0.2) is 19.9 Å². The van der Waals surface area contributed by atoms with Crippen LogP contribution in [0.15, 0.2) is 109 Å². The highest BCUT2D eigenvalue weighted by Crippen LogP contribution is 2.54. The topological polar surface area (TPSA) is 75.3 Å². The molecule has 6 aromatic rings. The molecular weight excluding hydrogens is 574 g/mol. The molecular formula is C42H37N5. The van der Waals surface area contributed by atoms with Gasteiger partial charge < -0.3 is 0 Å². The zero-order valence-electron chi connectivity index (χ0n) is 26.9. The summed E-state index contributed by atoms with van der Waals surface area (Å²) in [6.07, 6.45) is 9.90. The third-order valence-electron chi connectivity index (χ3n) is 10.3. The fourth-order valence-corrected chi connectivity index (χ4v) is 8.63. The summed E-state index contributed by atoms with van der Waals surface area (Å²) >= 11 is 0. The summed E-state index contributed by atoms with van der Waals surface area (Å²) in [5.41, 5.74) is 7.25. The molecule has 4 atom stereocenters. The highest BCUT2D eigenvalue weighted by atomic mass is 15.0. The van der Waals surface area contributed by atoms with Gasteiger partial charge in [0.1, 0.15) is 0 Å². The number of aromatic nitrogens is 4. The Morgan fingerprint density at radius 3 is 1.94 bits per heavy atom. The first-order chi connectivity index (χ1) is 22.9. The van der Waals surface area contributed by atoms with Crippen molar-refractivity contribution in [2.24, 2.45) is 17.8 Å². The molecule has 5 nitrogen and oxygen atoms in total. The molecule has 2 aliphatic carbocycles. The quantitative estimate of drug-likeness (QED) is 0.194. The first kappa shape index (κ1) is 29.2. The minimum absolute atomic E-state index is 0.172. The zero-order valence-corrected chi connectivity index (χ0v) is 26.9. The number of nitrogens with zero attached hydrogens (tertiary/aromatic N) is 5. The van der Waals surface area contributed by atoms with Gasteiger partial charge in [-0.3, -0.25) is 4.98 Å². The van der Waals surface area contributed by atoms with Crippen LogP contribution in [0.2, 0.25) is 0 Å². The molecule has 2 bridgehead atoms. The van der Waals surface area contributed by atoms with Crippen LogP contribution in [0.25, 0.3) is 56.1 Å². The van der Waals surface area contributed by atoms with E-state index in [-0.39, 0.29) is 5.41 Å². The van der Waals surface area contributed by atoms with Crippen molar-refractivity contribution in [3.63, 3.8) is 0 Å². The average Bonchev–Trinajstić information content (AvgIpc) is 3.11. The van der Waals surface area contributed by atoms with E-state index in [0.717, 1.165) is 61.9 Å². The lowest BCUT2D eigenvalue weighted by molar-refractivity contribution is 0.0780. The van der Waals surface area contributed by atoms with E-state index in [1.807, 2.05) is 42.5 Å².